The van der Waals surface area contributed by atoms with Gasteiger partial charge in [-0.05, 0) is 41.0 Å². The minimum Gasteiger partial charge on any atom is -0.383 e. The SMILES string of the molecule is NC1=NCc2cccc(-c3ccc(NC(=O)Nc4ccncc4)cc3)c21. The lowest BCUT2D eigenvalue weighted by atomic mass is 9.96. The first kappa shape index (κ1) is 15.8. The largest absolute Gasteiger partial charge is 0.383 e. The van der Waals surface area contributed by atoms with Gasteiger partial charge in [0.05, 0.1) is 6.54 Å². The summed E-state index contributed by atoms with van der Waals surface area (Å²) in [5.41, 5.74) is 11.6. The molecule has 0 fully saturated rings. The number of benzene rings is 2. The van der Waals surface area contributed by atoms with Gasteiger partial charge in [-0.1, -0.05) is 30.3 Å². The molecule has 128 valence electrons. The number of urea groups is 1. The van der Waals surface area contributed by atoms with E-state index in [1.54, 1.807) is 24.5 Å². The van der Waals surface area contributed by atoms with Crippen LogP contribution in [0.5, 0.6) is 0 Å². The van der Waals surface area contributed by atoms with Gasteiger partial charge in [0.25, 0.3) is 0 Å². The third kappa shape index (κ3) is 3.12. The second-order valence-electron chi connectivity index (χ2n) is 5.93. The van der Waals surface area contributed by atoms with E-state index in [4.69, 9.17) is 5.73 Å². The molecule has 2 aromatic carbocycles. The van der Waals surface area contributed by atoms with Gasteiger partial charge in [0, 0.05) is 29.3 Å². The van der Waals surface area contributed by atoms with Crippen molar-refractivity contribution >= 4 is 23.2 Å². The van der Waals surface area contributed by atoms with Gasteiger partial charge < -0.3 is 16.4 Å². The number of carbonyl (C=O) groups excluding carboxylic acids is 1. The van der Waals surface area contributed by atoms with Crippen molar-refractivity contribution in [2.45, 2.75) is 6.54 Å². The summed E-state index contributed by atoms with van der Waals surface area (Å²) in [5.74, 6) is 0.578. The van der Waals surface area contributed by atoms with Gasteiger partial charge in [-0.3, -0.25) is 9.98 Å². The zero-order chi connectivity index (χ0) is 17.9. The fourth-order valence-corrected chi connectivity index (χ4v) is 2.99. The van der Waals surface area contributed by atoms with Crippen LogP contribution in [0, 0.1) is 0 Å². The Morgan fingerprint density at radius 1 is 0.923 bits per heavy atom. The summed E-state index contributed by atoms with van der Waals surface area (Å²) in [4.78, 5) is 20.3. The van der Waals surface area contributed by atoms with E-state index < -0.39 is 0 Å². The second-order valence-corrected chi connectivity index (χ2v) is 5.93. The van der Waals surface area contributed by atoms with Crippen LogP contribution in [0.4, 0.5) is 16.2 Å². The number of amidine groups is 1. The smallest absolute Gasteiger partial charge is 0.323 e. The highest BCUT2D eigenvalue weighted by Gasteiger charge is 2.17. The molecule has 0 aliphatic carbocycles. The minimum atomic E-state index is -0.305. The van der Waals surface area contributed by atoms with Crippen molar-refractivity contribution in [1.29, 1.82) is 0 Å². The van der Waals surface area contributed by atoms with E-state index in [1.165, 1.54) is 0 Å². The Morgan fingerprint density at radius 3 is 2.35 bits per heavy atom. The lowest BCUT2D eigenvalue weighted by Crippen LogP contribution is -2.19. The number of rotatable bonds is 3. The van der Waals surface area contributed by atoms with Crippen molar-refractivity contribution in [1.82, 2.24) is 4.98 Å². The van der Waals surface area contributed by atoms with Gasteiger partial charge in [0.2, 0.25) is 0 Å². The first-order valence-corrected chi connectivity index (χ1v) is 8.21. The van der Waals surface area contributed by atoms with E-state index in [9.17, 15) is 4.79 Å². The zero-order valence-corrected chi connectivity index (χ0v) is 13.9. The highest BCUT2D eigenvalue weighted by molar-refractivity contribution is 6.06. The van der Waals surface area contributed by atoms with E-state index >= 15 is 0 Å². The van der Waals surface area contributed by atoms with Crippen molar-refractivity contribution < 1.29 is 4.79 Å². The molecule has 1 aliphatic heterocycles. The van der Waals surface area contributed by atoms with Gasteiger partial charge in [-0.2, -0.15) is 0 Å². The molecular formula is C20H17N5O. The molecule has 2 amide bonds. The van der Waals surface area contributed by atoms with Gasteiger partial charge in [-0.25, -0.2) is 4.79 Å². The first-order chi connectivity index (χ1) is 12.7. The maximum absolute atomic E-state index is 12.1. The van der Waals surface area contributed by atoms with E-state index in [0.29, 0.717) is 23.8 Å². The molecule has 0 radical (unpaired) electrons. The molecule has 0 unspecified atom stereocenters. The third-order valence-corrected chi connectivity index (χ3v) is 4.22. The molecule has 4 rings (SSSR count). The number of hydrogen-bond acceptors (Lipinski definition) is 4. The average Bonchev–Trinajstić information content (AvgIpc) is 3.04. The first-order valence-electron chi connectivity index (χ1n) is 8.21. The summed E-state index contributed by atoms with van der Waals surface area (Å²) in [6.45, 7) is 0.629. The molecular weight excluding hydrogens is 326 g/mol. The summed E-state index contributed by atoms with van der Waals surface area (Å²) in [6, 6.07) is 16.9. The quantitative estimate of drug-likeness (QED) is 0.678. The Balaban J connectivity index is 1.51. The van der Waals surface area contributed by atoms with E-state index in [0.717, 1.165) is 22.3 Å². The summed E-state index contributed by atoms with van der Waals surface area (Å²) >= 11 is 0. The normalized spacial score (nSPS) is 12.2. The van der Waals surface area contributed by atoms with Crippen LogP contribution >= 0.6 is 0 Å². The minimum absolute atomic E-state index is 0.305. The molecule has 2 heterocycles. The topological polar surface area (TPSA) is 92.4 Å². The van der Waals surface area contributed by atoms with Crippen LogP contribution in [0.3, 0.4) is 0 Å². The average molecular weight is 343 g/mol. The number of aromatic nitrogens is 1. The van der Waals surface area contributed by atoms with Crippen molar-refractivity contribution in [3.05, 3.63) is 78.1 Å². The molecule has 6 nitrogen and oxygen atoms in total. The Hall–Kier alpha value is -3.67. The molecule has 0 atom stereocenters. The number of nitrogens with two attached hydrogens (primary N) is 1. The maximum Gasteiger partial charge on any atom is 0.323 e. The number of hydrogen-bond donors (Lipinski definition) is 3. The van der Waals surface area contributed by atoms with Gasteiger partial charge in [-0.15, -0.1) is 0 Å². The van der Waals surface area contributed by atoms with Crippen molar-refractivity contribution in [3.8, 4) is 11.1 Å². The molecule has 0 bridgehead atoms. The number of pyridine rings is 1. The Morgan fingerprint density at radius 2 is 1.62 bits per heavy atom. The molecule has 26 heavy (non-hydrogen) atoms. The molecule has 0 saturated carbocycles. The predicted molar refractivity (Wildman–Crippen MR) is 103 cm³/mol. The number of nitrogens with one attached hydrogen (secondary N) is 2. The number of nitrogens with zero attached hydrogens (tertiary/aromatic N) is 2. The highest BCUT2D eigenvalue weighted by Crippen LogP contribution is 2.30. The van der Waals surface area contributed by atoms with E-state index in [2.05, 4.69) is 20.6 Å². The number of fused-ring (bicyclic) bond motifs is 1. The Labute approximate surface area is 150 Å². The highest BCUT2D eigenvalue weighted by atomic mass is 16.2. The van der Waals surface area contributed by atoms with Crippen LogP contribution in [-0.2, 0) is 6.54 Å². The van der Waals surface area contributed by atoms with Crippen LogP contribution in [0.1, 0.15) is 11.1 Å². The van der Waals surface area contributed by atoms with Crippen LogP contribution in [0.2, 0.25) is 0 Å². The number of aliphatic imine (C=N–C) groups is 1. The molecule has 1 aromatic heterocycles. The molecule has 6 heteroatoms. The van der Waals surface area contributed by atoms with Gasteiger partial charge in [0.1, 0.15) is 5.84 Å². The molecule has 1 aliphatic rings. The molecule has 3 aromatic rings. The number of anilines is 2. The van der Waals surface area contributed by atoms with Crippen molar-refractivity contribution in [3.63, 3.8) is 0 Å². The number of amides is 2. The fourth-order valence-electron chi connectivity index (χ4n) is 2.99. The third-order valence-electron chi connectivity index (χ3n) is 4.22. The monoisotopic (exact) mass is 343 g/mol. The van der Waals surface area contributed by atoms with Crippen molar-refractivity contribution in [2.75, 3.05) is 10.6 Å². The van der Waals surface area contributed by atoms with Gasteiger partial charge >= 0.3 is 6.03 Å². The number of carbonyl (C=O) groups is 1. The van der Waals surface area contributed by atoms with Crippen LogP contribution < -0.4 is 16.4 Å². The van der Waals surface area contributed by atoms with Gasteiger partial charge in [0.15, 0.2) is 0 Å². The van der Waals surface area contributed by atoms with E-state index in [-0.39, 0.29) is 6.03 Å². The lowest BCUT2D eigenvalue weighted by molar-refractivity contribution is 0.262. The predicted octanol–water partition coefficient (Wildman–Crippen LogP) is 3.61. The second kappa shape index (κ2) is 6.68. The summed E-state index contributed by atoms with van der Waals surface area (Å²) in [6.07, 6.45) is 3.25. The maximum atomic E-state index is 12.1. The summed E-state index contributed by atoms with van der Waals surface area (Å²) < 4.78 is 0. The summed E-state index contributed by atoms with van der Waals surface area (Å²) in [5, 5.41) is 5.57. The van der Waals surface area contributed by atoms with Crippen LogP contribution in [-0.4, -0.2) is 16.9 Å². The molecule has 4 N–H and O–H groups in total. The van der Waals surface area contributed by atoms with Crippen LogP contribution in [0.15, 0.2) is 72.0 Å². The zero-order valence-electron chi connectivity index (χ0n) is 13.9. The summed E-state index contributed by atoms with van der Waals surface area (Å²) in [7, 11) is 0. The van der Waals surface area contributed by atoms with E-state index in [1.807, 2.05) is 42.5 Å². The fraction of sp³-hybridized carbons (Fsp3) is 0.0500. The lowest BCUT2D eigenvalue weighted by Gasteiger charge is -2.11. The van der Waals surface area contributed by atoms with Crippen LogP contribution in [0.25, 0.3) is 11.1 Å². The Kier molecular flexibility index (Phi) is 4.07. The Bertz CT molecular complexity index is 981. The molecule has 0 spiro atoms. The standard InChI is InChI=1S/C20H17N5O/c21-19-18-14(12-23-19)2-1-3-17(18)13-4-6-15(7-5-13)24-20(26)25-16-8-10-22-11-9-16/h1-11H,12H2,(H2,21,23)(H2,22,24,25,26). The van der Waals surface area contributed by atoms with Crippen molar-refractivity contribution in [2.24, 2.45) is 10.7 Å². The molecule has 0 saturated heterocycles.